The van der Waals surface area contributed by atoms with E-state index in [-0.39, 0.29) is 0 Å². The standard InChI is InChI=1S/C17H16ClN3O/c1-17(22,13-7-3-2-4-8-13)16(11-12-18)21-15-10-6-5-9-14(15)19-20-21/h2-12,16,22H,1H3. The lowest BCUT2D eigenvalue weighted by molar-refractivity contribution is 0.0154. The predicted octanol–water partition coefficient (Wildman–Crippen LogP) is 3.63. The Labute approximate surface area is 133 Å². The van der Waals surface area contributed by atoms with Crippen molar-refractivity contribution < 1.29 is 5.11 Å². The van der Waals surface area contributed by atoms with Gasteiger partial charge in [0, 0.05) is 5.54 Å². The van der Waals surface area contributed by atoms with Crippen LogP contribution in [0.15, 0.2) is 66.2 Å². The Morgan fingerprint density at radius 1 is 1.14 bits per heavy atom. The van der Waals surface area contributed by atoms with Crippen LogP contribution in [0.3, 0.4) is 0 Å². The number of halogens is 1. The molecule has 0 saturated carbocycles. The average Bonchev–Trinajstić information content (AvgIpc) is 2.97. The first kappa shape index (κ1) is 14.8. The van der Waals surface area contributed by atoms with E-state index in [0.717, 1.165) is 16.6 Å². The molecule has 22 heavy (non-hydrogen) atoms. The highest BCUT2D eigenvalue weighted by atomic mass is 35.5. The SMILES string of the molecule is CC(O)(c1ccccc1)C(C=CCl)n1nnc2ccccc21. The fourth-order valence-corrected chi connectivity index (χ4v) is 2.75. The zero-order valence-electron chi connectivity index (χ0n) is 12.1. The van der Waals surface area contributed by atoms with E-state index < -0.39 is 11.6 Å². The summed E-state index contributed by atoms with van der Waals surface area (Å²) < 4.78 is 1.70. The van der Waals surface area contributed by atoms with Gasteiger partial charge in [0.1, 0.15) is 17.2 Å². The van der Waals surface area contributed by atoms with Gasteiger partial charge >= 0.3 is 0 Å². The number of nitrogens with zero attached hydrogens (tertiary/aromatic N) is 3. The van der Waals surface area contributed by atoms with Crippen LogP contribution in [0.5, 0.6) is 0 Å². The number of aliphatic hydroxyl groups is 1. The highest BCUT2D eigenvalue weighted by Gasteiger charge is 2.35. The summed E-state index contributed by atoms with van der Waals surface area (Å²) in [4.78, 5) is 0. The summed E-state index contributed by atoms with van der Waals surface area (Å²) in [5.41, 5.74) is 2.63. The van der Waals surface area contributed by atoms with E-state index in [0.29, 0.717) is 0 Å². The maximum absolute atomic E-state index is 11.1. The highest BCUT2D eigenvalue weighted by Crippen LogP contribution is 2.35. The lowest BCUT2D eigenvalue weighted by Crippen LogP contribution is -2.33. The highest BCUT2D eigenvalue weighted by molar-refractivity contribution is 6.25. The molecule has 1 N–H and O–H groups in total. The second-order valence-electron chi connectivity index (χ2n) is 5.30. The van der Waals surface area contributed by atoms with Crippen molar-refractivity contribution in [2.45, 2.75) is 18.6 Å². The molecule has 2 atom stereocenters. The van der Waals surface area contributed by atoms with Crippen molar-refractivity contribution in [3.63, 3.8) is 0 Å². The number of benzene rings is 2. The third kappa shape index (κ3) is 2.51. The summed E-state index contributed by atoms with van der Waals surface area (Å²) in [5.74, 6) is 0. The van der Waals surface area contributed by atoms with Gasteiger partial charge in [-0.15, -0.1) is 5.10 Å². The summed E-state index contributed by atoms with van der Waals surface area (Å²) in [6.07, 6.45) is 1.72. The summed E-state index contributed by atoms with van der Waals surface area (Å²) in [5, 5.41) is 19.5. The zero-order chi connectivity index (χ0) is 15.6. The number of para-hydroxylation sites is 1. The summed E-state index contributed by atoms with van der Waals surface area (Å²) in [6.45, 7) is 1.75. The minimum absolute atomic E-state index is 0.472. The van der Waals surface area contributed by atoms with E-state index in [1.54, 1.807) is 17.7 Å². The first-order valence-corrected chi connectivity index (χ1v) is 7.43. The van der Waals surface area contributed by atoms with Gasteiger partial charge in [-0.05, 0) is 30.7 Å². The molecule has 2 aromatic carbocycles. The molecule has 5 heteroatoms. The molecule has 0 fully saturated rings. The maximum atomic E-state index is 11.1. The Hall–Kier alpha value is -2.17. The minimum Gasteiger partial charge on any atom is -0.383 e. The normalized spacial score (nSPS) is 16.0. The molecular formula is C17H16ClN3O. The second kappa shape index (κ2) is 5.91. The molecule has 0 amide bonds. The minimum atomic E-state index is -1.18. The van der Waals surface area contributed by atoms with Crippen molar-refractivity contribution in [3.8, 4) is 0 Å². The Balaban J connectivity index is 2.14. The van der Waals surface area contributed by atoms with Crippen LogP contribution in [0.1, 0.15) is 18.5 Å². The Morgan fingerprint density at radius 2 is 1.82 bits per heavy atom. The number of fused-ring (bicyclic) bond motifs is 1. The Bertz CT molecular complexity index is 796. The molecule has 1 heterocycles. The number of hydrogen-bond donors (Lipinski definition) is 1. The van der Waals surface area contributed by atoms with Crippen LogP contribution < -0.4 is 0 Å². The lowest BCUT2D eigenvalue weighted by Gasteiger charge is -2.31. The molecule has 2 unspecified atom stereocenters. The molecule has 0 aliphatic heterocycles. The maximum Gasteiger partial charge on any atom is 0.113 e. The Kier molecular flexibility index (Phi) is 3.96. The van der Waals surface area contributed by atoms with Gasteiger partial charge in [0.2, 0.25) is 0 Å². The van der Waals surface area contributed by atoms with E-state index in [2.05, 4.69) is 10.3 Å². The molecule has 0 spiro atoms. The predicted molar refractivity (Wildman–Crippen MR) is 87.6 cm³/mol. The van der Waals surface area contributed by atoms with Gasteiger partial charge in [0.05, 0.1) is 5.52 Å². The number of aromatic nitrogens is 3. The van der Waals surface area contributed by atoms with Crippen LogP contribution in [0.4, 0.5) is 0 Å². The van der Waals surface area contributed by atoms with Gasteiger partial charge in [-0.2, -0.15) is 0 Å². The third-order valence-electron chi connectivity index (χ3n) is 3.83. The average molecular weight is 314 g/mol. The fourth-order valence-electron chi connectivity index (χ4n) is 2.61. The number of rotatable bonds is 4. The van der Waals surface area contributed by atoms with E-state index in [1.807, 2.05) is 54.6 Å². The van der Waals surface area contributed by atoms with Crippen molar-refractivity contribution in [1.82, 2.24) is 15.0 Å². The molecule has 0 saturated heterocycles. The van der Waals surface area contributed by atoms with Crippen LogP contribution in [0, 0.1) is 0 Å². The van der Waals surface area contributed by atoms with Crippen molar-refractivity contribution in [2.24, 2.45) is 0 Å². The molecule has 0 radical (unpaired) electrons. The summed E-state index contributed by atoms with van der Waals surface area (Å²) in [7, 11) is 0. The number of hydrogen-bond acceptors (Lipinski definition) is 3. The second-order valence-corrected chi connectivity index (χ2v) is 5.55. The Morgan fingerprint density at radius 3 is 2.55 bits per heavy atom. The molecule has 3 aromatic rings. The molecule has 1 aromatic heterocycles. The van der Waals surface area contributed by atoms with Crippen LogP contribution in [-0.2, 0) is 5.60 Å². The zero-order valence-corrected chi connectivity index (χ0v) is 12.9. The molecular weight excluding hydrogens is 298 g/mol. The van der Waals surface area contributed by atoms with Crippen molar-refractivity contribution in [2.75, 3.05) is 0 Å². The van der Waals surface area contributed by atoms with E-state index in [4.69, 9.17) is 11.6 Å². The summed E-state index contributed by atoms with van der Waals surface area (Å²) >= 11 is 5.80. The third-order valence-corrected chi connectivity index (χ3v) is 3.98. The molecule has 112 valence electrons. The lowest BCUT2D eigenvalue weighted by atomic mass is 9.88. The van der Waals surface area contributed by atoms with Gasteiger partial charge in [0.15, 0.2) is 0 Å². The van der Waals surface area contributed by atoms with E-state index in [1.165, 1.54) is 5.54 Å². The molecule has 0 aliphatic carbocycles. The van der Waals surface area contributed by atoms with Gasteiger partial charge in [-0.1, -0.05) is 59.3 Å². The molecule has 0 bridgehead atoms. The van der Waals surface area contributed by atoms with Crippen molar-refractivity contribution in [1.29, 1.82) is 0 Å². The van der Waals surface area contributed by atoms with Crippen LogP contribution >= 0.6 is 11.6 Å². The van der Waals surface area contributed by atoms with Crippen LogP contribution in [-0.4, -0.2) is 20.1 Å². The largest absolute Gasteiger partial charge is 0.383 e. The first-order valence-electron chi connectivity index (χ1n) is 6.99. The van der Waals surface area contributed by atoms with Gasteiger partial charge in [-0.3, -0.25) is 0 Å². The summed E-state index contributed by atoms with van der Waals surface area (Å²) in [6, 6.07) is 16.6. The first-order chi connectivity index (χ1) is 10.6. The smallest absolute Gasteiger partial charge is 0.113 e. The molecule has 3 rings (SSSR count). The molecule has 4 nitrogen and oxygen atoms in total. The van der Waals surface area contributed by atoms with Gasteiger partial charge in [-0.25, -0.2) is 4.68 Å². The fraction of sp³-hybridized carbons (Fsp3) is 0.176. The van der Waals surface area contributed by atoms with Crippen molar-refractivity contribution >= 4 is 22.6 Å². The van der Waals surface area contributed by atoms with E-state index in [9.17, 15) is 5.11 Å². The van der Waals surface area contributed by atoms with Crippen LogP contribution in [0.25, 0.3) is 11.0 Å². The topological polar surface area (TPSA) is 50.9 Å². The van der Waals surface area contributed by atoms with Gasteiger partial charge in [0.25, 0.3) is 0 Å². The quantitative estimate of drug-likeness (QED) is 0.800. The van der Waals surface area contributed by atoms with Crippen LogP contribution in [0.2, 0.25) is 0 Å². The van der Waals surface area contributed by atoms with Gasteiger partial charge < -0.3 is 5.11 Å². The van der Waals surface area contributed by atoms with Crippen molar-refractivity contribution in [3.05, 3.63) is 71.8 Å². The van der Waals surface area contributed by atoms with E-state index >= 15 is 0 Å². The monoisotopic (exact) mass is 313 g/mol. The molecule has 0 aliphatic rings.